The molecule has 34 heavy (non-hydrogen) atoms. The second-order valence-corrected chi connectivity index (χ2v) is 8.35. The molecule has 1 aromatic heterocycles. The first kappa shape index (κ1) is 22.2. The standard InChI is InChI=1S/C23H19F4N3O4/c24-12-3-1-11(2-4-12)14-9-29(8-7-28-14)21-18(26)17(25)16-20(19(21)27)30(13-5-6-13)10-15(22(16)31)34-23(32)33/h1-4,10,13-14,28H,5-9H2,(H,32,33). The average Bonchev–Trinajstić information content (AvgIpc) is 3.64. The number of fused-ring (bicyclic) bond motifs is 1. The fourth-order valence-electron chi connectivity index (χ4n) is 4.41. The van der Waals surface area contributed by atoms with Crippen LogP contribution in [0.3, 0.4) is 0 Å². The highest BCUT2D eigenvalue weighted by Crippen LogP contribution is 2.41. The van der Waals surface area contributed by atoms with Crippen molar-refractivity contribution in [3.8, 4) is 5.75 Å². The molecular formula is C23H19F4N3O4. The Bertz CT molecular complexity index is 1360. The fourth-order valence-corrected chi connectivity index (χ4v) is 4.41. The normalized spacial score (nSPS) is 18.4. The Morgan fingerprint density at radius 1 is 1.06 bits per heavy atom. The number of halogens is 4. The highest BCUT2D eigenvalue weighted by Gasteiger charge is 2.34. The molecule has 7 nitrogen and oxygen atoms in total. The van der Waals surface area contributed by atoms with Gasteiger partial charge in [0.15, 0.2) is 23.2 Å². The van der Waals surface area contributed by atoms with E-state index >= 15 is 13.2 Å². The van der Waals surface area contributed by atoms with Crippen molar-refractivity contribution in [2.75, 3.05) is 24.5 Å². The number of nitrogens with one attached hydrogen (secondary N) is 1. The number of carboxylic acid groups (broad SMARTS) is 1. The van der Waals surface area contributed by atoms with E-state index in [1.165, 1.54) is 21.6 Å². The first-order chi connectivity index (χ1) is 16.3. The summed E-state index contributed by atoms with van der Waals surface area (Å²) in [6, 6.07) is 4.96. The number of hydrogen-bond acceptors (Lipinski definition) is 5. The lowest BCUT2D eigenvalue weighted by Crippen LogP contribution is -2.46. The summed E-state index contributed by atoms with van der Waals surface area (Å²) < 4.78 is 65.4. The topological polar surface area (TPSA) is 83.8 Å². The maximum absolute atomic E-state index is 15.9. The third kappa shape index (κ3) is 3.75. The van der Waals surface area contributed by atoms with E-state index in [4.69, 9.17) is 5.11 Å². The van der Waals surface area contributed by atoms with Gasteiger partial charge in [0, 0.05) is 31.7 Å². The fraction of sp³-hybridized carbons (Fsp3) is 0.304. The molecule has 2 fully saturated rings. The van der Waals surface area contributed by atoms with Crippen LogP contribution in [-0.2, 0) is 0 Å². The van der Waals surface area contributed by atoms with Crippen molar-refractivity contribution >= 4 is 22.7 Å². The van der Waals surface area contributed by atoms with Crippen molar-refractivity contribution in [3.05, 3.63) is 69.5 Å². The predicted molar refractivity (Wildman–Crippen MR) is 114 cm³/mol. The lowest BCUT2D eigenvalue weighted by Gasteiger charge is -2.36. The van der Waals surface area contributed by atoms with Crippen LogP contribution in [0.1, 0.15) is 30.5 Å². The van der Waals surface area contributed by atoms with Gasteiger partial charge in [-0.3, -0.25) is 4.79 Å². The third-order valence-corrected chi connectivity index (χ3v) is 6.14. The van der Waals surface area contributed by atoms with Crippen molar-refractivity contribution in [2.45, 2.75) is 24.9 Å². The largest absolute Gasteiger partial charge is 0.511 e. The second-order valence-electron chi connectivity index (χ2n) is 8.35. The minimum atomic E-state index is -1.80. The molecule has 0 amide bonds. The summed E-state index contributed by atoms with van der Waals surface area (Å²) in [5.74, 6) is -5.37. The minimum absolute atomic E-state index is 0.0677. The van der Waals surface area contributed by atoms with E-state index in [-0.39, 0.29) is 19.1 Å². The molecule has 2 N–H and O–H groups in total. The Morgan fingerprint density at radius 2 is 1.76 bits per heavy atom. The van der Waals surface area contributed by atoms with Crippen LogP contribution in [0.2, 0.25) is 0 Å². The predicted octanol–water partition coefficient (Wildman–Crippen LogP) is 4.10. The Hall–Kier alpha value is -3.60. The Labute approximate surface area is 190 Å². The first-order valence-electron chi connectivity index (χ1n) is 10.7. The highest BCUT2D eigenvalue weighted by molar-refractivity contribution is 5.86. The van der Waals surface area contributed by atoms with Crippen LogP contribution in [0.15, 0.2) is 35.3 Å². The zero-order chi connectivity index (χ0) is 24.1. The molecule has 5 rings (SSSR count). The van der Waals surface area contributed by atoms with E-state index in [0.717, 1.165) is 6.20 Å². The lowest BCUT2D eigenvalue weighted by molar-refractivity contribution is 0.143. The molecule has 2 heterocycles. The summed E-state index contributed by atoms with van der Waals surface area (Å²) in [7, 11) is 0. The molecule has 0 radical (unpaired) electrons. The number of hydrogen-bond donors (Lipinski definition) is 2. The smallest absolute Gasteiger partial charge is 0.449 e. The molecular weight excluding hydrogens is 458 g/mol. The average molecular weight is 477 g/mol. The van der Waals surface area contributed by atoms with Gasteiger partial charge in [-0.25, -0.2) is 22.4 Å². The highest BCUT2D eigenvalue weighted by atomic mass is 19.2. The molecule has 2 aliphatic rings. The van der Waals surface area contributed by atoms with Crippen LogP contribution >= 0.6 is 0 Å². The molecule has 1 atom stereocenters. The van der Waals surface area contributed by atoms with E-state index in [2.05, 4.69) is 10.1 Å². The van der Waals surface area contributed by atoms with Crippen LogP contribution in [0.25, 0.3) is 10.9 Å². The van der Waals surface area contributed by atoms with Crippen molar-refractivity contribution < 1.29 is 32.2 Å². The lowest BCUT2D eigenvalue weighted by atomic mass is 10.0. The van der Waals surface area contributed by atoms with Crippen molar-refractivity contribution in [3.63, 3.8) is 0 Å². The summed E-state index contributed by atoms with van der Waals surface area (Å²) in [6.07, 6.45) is 0.418. The van der Waals surface area contributed by atoms with Crippen LogP contribution in [0.4, 0.5) is 28.0 Å². The molecule has 2 aromatic carbocycles. The van der Waals surface area contributed by atoms with Crippen LogP contribution in [0.5, 0.6) is 5.75 Å². The molecule has 1 aliphatic heterocycles. The van der Waals surface area contributed by atoms with Gasteiger partial charge in [0.05, 0.1) is 17.1 Å². The summed E-state index contributed by atoms with van der Waals surface area (Å²) in [5, 5.41) is 11.2. The van der Waals surface area contributed by atoms with E-state index < -0.39 is 63.2 Å². The number of anilines is 1. The van der Waals surface area contributed by atoms with Gasteiger partial charge in [0.25, 0.3) is 0 Å². The third-order valence-electron chi connectivity index (χ3n) is 6.14. The van der Waals surface area contributed by atoms with Gasteiger partial charge in [-0.15, -0.1) is 0 Å². The van der Waals surface area contributed by atoms with Gasteiger partial charge in [-0.05, 0) is 30.5 Å². The van der Waals surface area contributed by atoms with Crippen LogP contribution in [0, 0.1) is 23.3 Å². The number of benzene rings is 2. The number of piperazine rings is 1. The van der Waals surface area contributed by atoms with Gasteiger partial charge in [0.2, 0.25) is 5.43 Å². The summed E-state index contributed by atoms with van der Waals surface area (Å²) in [6.45, 7) is 0.546. The van der Waals surface area contributed by atoms with Gasteiger partial charge in [-0.1, -0.05) is 12.1 Å². The minimum Gasteiger partial charge on any atom is -0.449 e. The Balaban J connectivity index is 1.65. The second kappa shape index (κ2) is 8.32. The Kier molecular flexibility index (Phi) is 5.43. The molecule has 0 bridgehead atoms. The van der Waals surface area contributed by atoms with E-state index in [0.29, 0.717) is 24.9 Å². The van der Waals surface area contributed by atoms with Gasteiger partial charge >= 0.3 is 6.16 Å². The van der Waals surface area contributed by atoms with E-state index in [1.807, 2.05) is 0 Å². The number of carbonyl (C=O) groups is 1. The molecule has 0 spiro atoms. The maximum atomic E-state index is 15.9. The van der Waals surface area contributed by atoms with Crippen molar-refractivity contribution in [1.29, 1.82) is 0 Å². The Morgan fingerprint density at radius 3 is 2.41 bits per heavy atom. The first-order valence-corrected chi connectivity index (χ1v) is 10.7. The molecule has 1 saturated heterocycles. The molecule has 1 unspecified atom stereocenters. The molecule has 3 aromatic rings. The number of ether oxygens (including phenoxy) is 1. The number of rotatable bonds is 4. The molecule has 1 saturated carbocycles. The molecule has 178 valence electrons. The van der Waals surface area contributed by atoms with E-state index in [1.54, 1.807) is 12.1 Å². The van der Waals surface area contributed by atoms with Gasteiger partial charge in [0.1, 0.15) is 11.5 Å². The maximum Gasteiger partial charge on any atom is 0.511 e. The van der Waals surface area contributed by atoms with Crippen LogP contribution in [-0.4, -0.2) is 35.5 Å². The zero-order valence-electron chi connectivity index (χ0n) is 17.7. The molecule has 11 heteroatoms. The zero-order valence-corrected chi connectivity index (χ0v) is 17.7. The summed E-state index contributed by atoms with van der Waals surface area (Å²) in [5.41, 5.74) is -1.60. The van der Waals surface area contributed by atoms with Gasteiger partial charge in [-0.2, -0.15) is 0 Å². The number of pyridine rings is 1. The van der Waals surface area contributed by atoms with E-state index in [9.17, 15) is 14.0 Å². The van der Waals surface area contributed by atoms with Crippen molar-refractivity contribution in [1.82, 2.24) is 9.88 Å². The SMILES string of the molecule is O=C(O)Oc1cn(C2CC2)c2c(F)c(N3CCNC(c4ccc(F)cc4)C3)c(F)c(F)c2c1=O. The van der Waals surface area contributed by atoms with Crippen molar-refractivity contribution in [2.24, 2.45) is 0 Å². The monoisotopic (exact) mass is 477 g/mol. The number of aromatic nitrogens is 1. The summed E-state index contributed by atoms with van der Waals surface area (Å²) >= 11 is 0. The van der Waals surface area contributed by atoms with Gasteiger partial charge < -0.3 is 24.6 Å². The number of nitrogens with zero attached hydrogens (tertiary/aromatic N) is 2. The molecule has 1 aliphatic carbocycles. The quantitative estimate of drug-likeness (QED) is 0.335. The van der Waals surface area contributed by atoms with Crippen LogP contribution < -0.4 is 20.4 Å². The summed E-state index contributed by atoms with van der Waals surface area (Å²) in [4.78, 5) is 25.0.